The third-order valence-electron chi connectivity index (χ3n) is 9.78. The Morgan fingerprint density at radius 2 is 1.85 bits per heavy atom. The van der Waals surface area contributed by atoms with E-state index in [4.69, 9.17) is 15.9 Å². The maximum Gasteiger partial charge on any atom is 0.335 e. The molecule has 1 saturated heterocycles. The van der Waals surface area contributed by atoms with Crippen LogP contribution < -0.4 is 0 Å². The summed E-state index contributed by atoms with van der Waals surface area (Å²) in [6.07, 6.45) is 6.30. The molecule has 0 aromatic rings. The van der Waals surface area contributed by atoms with E-state index in [9.17, 15) is 30.0 Å². The van der Waals surface area contributed by atoms with Crippen molar-refractivity contribution >= 4 is 11.8 Å². The summed E-state index contributed by atoms with van der Waals surface area (Å²) in [5.74, 6) is 3.38. The number of aliphatic hydroxyl groups is 3. The van der Waals surface area contributed by atoms with Crippen molar-refractivity contribution in [2.75, 3.05) is 0 Å². The number of hydrogen-bond donors (Lipinski definition) is 4. The summed E-state index contributed by atoms with van der Waals surface area (Å²) in [5, 5.41) is 40.2. The maximum absolute atomic E-state index is 11.9. The molecule has 0 unspecified atom stereocenters. The first-order valence-corrected chi connectivity index (χ1v) is 12.4. The number of allylic oxidation sites excluding steroid dienone is 1. The van der Waals surface area contributed by atoms with Crippen molar-refractivity contribution in [3.8, 4) is 12.3 Å². The quantitative estimate of drug-likeness (QED) is 0.451. The maximum atomic E-state index is 11.9. The fourth-order valence-electron chi connectivity index (χ4n) is 7.99. The van der Waals surface area contributed by atoms with E-state index in [0.29, 0.717) is 36.5 Å². The van der Waals surface area contributed by atoms with E-state index < -0.39 is 47.7 Å². The van der Waals surface area contributed by atoms with Gasteiger partial charge in [0, 0.05) is 11.8 Å². The van der Waals surface area contributed by atoms with Crippen LogP contribution in [0.2, 0.25) is 0 Å². The van der Waals surface area contributed by atoms with E-state index >= 15 is 0 Å². The van der Waals surface area contributed by atoms with Crippen LogP contribution in [0.5, 0.6) is 0 Å². The van der Waals surface area contributed by atoms with Crippen molar-refractivity contribution in [2.45, 2.75) is 94.6 Å². The van der Waals surface area contributed by atoms with Gasteiger partial charge in [-0.25, -0.2) is 4.79 Å². The number of carbonyl (C=O) groups excluding carboxylic acids is 1. The number of aliphatic hydroxyl groups excluding tert-OH is 3. The molecule has 5 rings (SSSR count). The van der Waals surface area contributed by atoms with Gasteiger partial charge in [0.15, 0.2) is 18.2 Å². The van der Waals surface area contributed by atoms with E-state index in [-0.39, 0.29) is 5.78 Å². The molecule has 4 fully saturated rings. The van der Waals surface area contributed by atoms with Crippen molar-refractivity contribution < 1.29 is 39.5 Å². The Kier molecular flexibility index (Phi) is 5.93. The van der Waals surface area contributed by atoms with Gasteiger partial charge < -0.3 is 29.9 Å². The van der Waals surface area contributed by atoms with E-state index in [2.05, 4.69) is 12.8 Å². The number of ether oxygens (including phenoxy) is 2. The predicted octanol–water partition coefficient (Wildman–Crippen LogP) is 1.41. The molecule has 0 aromatic heterocycles. The molecule has 3 saturated carbocycles. The Morgan fingerprint density at radius 3 is 2.56 bits per heavy atom. The molecule has 1 aliphatic heterocycles. The van der Waals surface area contributed by atoms with E-state index in [0.717, 1.165) is 38.5 Å². The summed E-state index contributed by atoms with van der Waals surface area (Å²) in [7, 11) is 0. The molecule has 0 amide bonds. The highest BCUT2D eigenvalue weighted by molar-refractivity contribution is 5.91. The van der Waals surface area contributed by atoms with Crippen LogP contribution in [-0.2, 0) is 19.1 Å². The summed E-state index contributed by atoms with van der Waals surface area (Å²) in [5.41, 5.74) is -0.181. The van der Waals surface area contributed by atoms with E-state index in [1.165, 1.54) is 5.57 Å². The molecule has 5 aliphatic rings. The van der Waals surface area contributed by atoms with Gasteiger partial charge in [-0.15, -0.1) is 6.42 Å². The Balaban J connectivity index is 1.40. The number of hydrogen-bond acceptors (Lipinski definition) is 7. The highest BCUT2D eigenvalue weighted by Crippen LogP contribution is 2.66. The molecule has 11 atom stereocenters. The SMILES string of the molecule is C#C[C@]1(O[C@@H]2O[C@@H](C(=O)O)[C@@H](O)[C@@H](O)[C@@H]2O)CC[C@H]2[C@@H]3CCC4=CC(=O)CC[C@@H]4[C@H]3CC[C@@]21C. The van der Waals surface area contributed by atoms with Crippen molar-refractivity contribution in [3.05, 3.63) is 11.6 Å². The Labute approximate surface area is 199 Å². The number of fused-ring (bicyclic) bond motifs is 5. The van der Waals surface area contributed by atoms with Crippen LogP contribution in [0.25, 0.3) is 0 Å². The first kappa shape index (κ1) is 24.0. The lowest BCUT2D eigenvalue weighted by molar-refractivity contribution is -0.324. The van der Waals surface area contributed by atoms with E-state index in [1.54, 1.807) is 0 Å². The van der Waals surface area contributed by atoms with Gasteiger partial charge in [0.25, 0.3) is 0 Å². The summed E-state index contributed by atoms with van der Waals surface area (Å²) in [6.45, 7) is 2.13. The molecular weight excluding hydrogens is 440 g/mol. The van der Waals surface area contributed by atoms with Gasteiger partial charge in [-0.05, 0) is 74.7 Å². The smallest absolute Gasteiger partial charge is 0.335 e. The molecule has 4 aliphatic carbocycles. The molecule has 186 valence electrons. The Bertz CT molecular complexity index is 938. The van der Waals surface area contributed by atoms with Gasteiger partial charge in [0.05, 0.1) is 0 Å². The third kappa shape index (κ3) is 3.40. The predicted molar refractivity (Wildman–Crippen MR) is 119 cm³/mol. The Hall–Kier alpha value is -1.76. The van der Waals surface area contributed by atoms with Crippen LogP contribution >= 0.6 is 0 Å². The van der Waals surface area contributed by atoms with Gasteiger partial charge in [-0.2, -0.15) is 0 Å². The van der Waals surface area contributed by atoms with Gasteiger partial charge in [-0.1, -0.05) is 18.4 Å². The number of carboxylic acid groups (broad SMARTS) is 1. The summed E-state index contributed by atoms with van der Waals surface area (Å²) < 4.78 is 11.7. The average molecular weight is 475 g/mol. The minimum atomic E-state index is -1.77. The lowest BCUT2D eigenvalue weighted by atomic mass is 9.50. The average Bonchev–Trinajstić information content (AvgIpc) is 3.11. The normalized spacial score (nSPS) is 50.4. The largest absolute Gasteiger partial charge is 0.479 e. The van der Waals surface area contributed by atoms with Crippen molar-refractivity contribution in [1.82, 2.24) is 0 Å². The number of aliphatic carboxylic acids is 1. The van der Waals surface area contributed by atoms with Gasteiger partial charge >= 0.3 is 5.97 Å². The molecule has 0 spiro atoms. The highest BCUT2D eigenvalue weighted by Gasteiger charge is 2.64. The molecule has 0 bridgehead atoms. The minimum absolute atomic E-state index is 0.240. The van der Waals surface area contributed by atoms with Crippen LogP contribution in [0.4, 0.5) is 0 Å². The standard InChI is InChI=1S/C26H34O8/c1-3-26(34-24-21(30)19(28)20(29)22(33-24)23(31)32)11-9-18-17-6-4-13-12-14(27)5-7-15(13)16(17)8-10-25(18,26)2/h1,12,15-22,24,28-30H,4-11H2,2H3,(H,31,32)/t15-,16+,17+,18-,19+,20-,21-,22+,24-,25-,26-/m0/s1. The lowest BCUT2D eigenvalue weighted by Crippen LogP contribution is -2.63. The number of carboxylic acids is 1. The van der Waals surface area contributed by atoms with E-state index in [1.807, 2.05) is 6.08 Å². The van der Waals surface area contributed by atoms with Gasteiger partial charge in [-0.3, -0.25) is 4.79 Å². The summed E-state index contributed by atoms with van der Waals surface area (Å²) >= 11 is 0. The fourth-order valence-corrected chi connectivity index (χ4v) is 7.99. The zero-order valence-electron chi connectivity index (χ0n) is 19.4. The molecule has 8 nitrogen and oxygen atoms in total. The monoisotopic (exact) mass is 474 g/mol. The zero-order valence-corrected chi connectivity index (χ0v) is 19.4. The highest BCUT2D eigenvalue weighted by atomic mass is 16.7. The van der Waals surface area contributed by atoms with Crippen LogP contribution in [0.1, 0.15) is 58.3 Å². The second-order valence-electron chi connectivity index (χ2n) is 11.1. The Morgan fingerprint density at radius 1 is 1.09 bits per heavy atom. The number of terminal acetylenes is 1. The number of ketones is 1. The number of carbonyl (C=O) groups is 2. The topological polar surface area (TPSA) is 134 Å². The zero-order chi connectivity index (χ0) is 24.4. The molecule has 34 heavy (non-hydrogen) atoms. The molecule has 8 heteroatoms. The van der Waals surface area contributed by atoms with Crippen LogP contribution in [0, 0.1) is 41.4 Å². The van der Waals surface area contributed by atoms with Crippen LogP contribution in [-0.4, -0.2) is 68.5 Å². The third-order valence-corrected chi connectivity index (χ3v) is 9.78. The summed E-state index contributed by atoms with van der Waals surface area (Å²) in [6, 6.07) is 0. The van der Waals surface area contributed by atoms with Gasteiger partial charge in [0.1, 0.15) is 23.9 Å². The molecule has 0 aromatic carbocycles. The fraction of sp³-hybridized carbons (Fsp3) is 0.769. The first-order valence-electron chi connectivity index (χ1n) is 12.4. The second-order valence-corrected chi connectivity index (χ2v) is 11.1. The van der Waals surface area contributed by atoms with Crippen LogP contribution in [0.3, 0.4) is 0 Å². The van der Waals surface area contributed by atoms with Crippen molar-refractivity contribution in [1.29, 1.82) is 0 Å². The lowest BCUT2D eigenvalue weighted by Gasteiger charge is -2.56. The molecule has 1 heterocycles. The minimum Gasteiger partial charge on any atom is -0.479 e. The molecule has 4 N–H and O–H groups in total. The van der Waals surface area contributed by atoms with Crippen molar-refractivity contribution in [2.24, 2.45) is 29.1 Å². The first-order chi connectivity index (χ1) is 16.1. The molecule has 0 radical (unpaired) electrons. The second kappa shape index (κ2) is 8.42. The van der Waals surface area contributed by atoms with Gasteiger partial charge in [0.2, 0.25) is 0 Å². The molecular formula is C26H34O8. The number of rotatable bonds is 3. The van der Waals surface area contributed by atoms with Crippen molar-refractivity contribution in [3.63, 3.8) is 0 Å². The van der Waals surface area contributed by atoms with Crippen LogP contribution in [0.15, 0.2) is 11.6 Å². The summed E-state index contributed by atoms with van der Waals surface area (Å²) in [4.78, 5) is 23.5.